The van der Waals surface area contributed by atoms with Crippen molar-refractivity contribution in [2.75, 3.05) is 0 Å². The summed E-state index contributed by atoms with van der Waals surface area (Å²) in [4.78, 5) is 3.71. The van der Waals surface area contributed by atoms with E-state index in [0.29, 0.717) is 16.6 Å². The molecule has 2 rings (SSSR count). The van der Waals surface area contributed by atoms with Crippen LogP contribution in [0.25, 0.3) is 0 Å². The van der Waals surface area contributed by atoms with Gasteiger partial charge in [0, 0.05) is 16.2 Å². The Morgan fingerprint density at radius 3 is 2.61 bits per heavy atom. The Bertz CT molecular complexity index is 682. The molecule has 0 aliphatic rings. The summed E-state index contributed by atoms with van der Waals surface area (Å²) in [5.41, 5.74) is 0.805. The van der Waals surface area contributed by atoms with E-state index >= 15 is 0 Å². The van der Waals surface area contributed by atoms with Gasteiger partial charge in [-0.05, 0) is 17.7 Å². The van der Waals surface area contributed by atoms with Crippen molar-refractivity contribution in [1.82, 2.24) is 9.55 Å². The standard InChI is InChI=1S/C10H9Cl2N3O2S/c11-8-2-1-7(9(12)3-8)4-15-5-10(14-6-15)18(13,16)17/h1-3,5-6H,4H2,(H2,13,16,17). The van der Waals surface area contributed by atoms with E-state index in [4.69, 9.17) is 28.3 Å². The highest BCUT2D eigenvalue weighted by Gasteiger charge is 2.11. The lowest BCUT2D eigenvalue weighted by Gasteiger charge is -2.05. The van der Waals surface area contributed by atoms with E-state index in [1.165, 1.54) is 12.5 Å². The minimum absolute atomic E-state index is 0.174. The van der Waals surface area contributed by atoms with Gasteiger partial charge >= 0.3 is 0 Å². The maximum atomic E-state index is 11.1. The van der Waals surface area contributed by atoms with E-state index in [1.807, 2.05) is 0 Å². The zero-order valence-corrected chi connectivity index (χ0v) is 11.4. The third kappa shape index (κ3) is 3.02. The Morgan fingerprint density at radius 2 is 2.06 bits per heavy atom. The van der Waals surface area contributed by atoms with Gasteiger partial charge in [0.15, 0.2) is 5.03 Å². The smallest absolute Gasteiger partial charge is 0.257 e. The zero-order valence-electron chi connectivity index (χ0n) is 9.05. The SMILES string of the molecule is NS(=O)(=O)c1cn(Cc2ccc(Cl)cc2Cl)cn1. The Labute approximate surface area is 114 Å². The lowest BCUT2D eigenvalue weighted by molar-refractivity contribution is 0.594. The van der Waals surface area contributed by atoms with Crippen LogP contribution in [0.4, 0.5) is 0 Å². The minimum Gasteiger partial charge on any atom is -0.332 e. The van der Waals surface area contributed by atoms with Crippen molar-refractivity contribution < 1.29 is 8.42 Å². The number of sulfonamides is 1. The van der Waals surface area contributed by atoms with Gasteiger partial charge in [-0.3, -0.25) is 0 Å². The minimum atomic E-state index is -3.78. The van der Waals surface area contributed by atoms with Crippen LogP contribution in [0.5, 0.6) is 0 Å². The molecule has 0 unspecified atom stereocenters. The average molecular weight is 306 g/mol. The van der Waals surface area contributed by atoms with Crippen LogP contribution in [0.15, 0.2) is 35.7 Å². The predicted octanol–water partition coefficient (Wildman–Crippen LogP) is 1.89. The van der Waals surface area contributed by atoms with Crippen molar-refractivity contribution >= 4 is 33.2 Å². The first kappa shape index (κ1) is 13.4. The number of nitrogens with zero attached hydrogens (tertiary/aromatic N) is 2. The molecule has 0 aliphatic heterocycles. The Morgan fingerprint density at radius 1 is 1.33 bits per heavy atom. The lowest BCUT2D eigenvalue weighted by Crippen LogP contribution is -2.12. The van der Waals surface area contributed by atoms with E-state index in [-0.39, 0.29) is 5.03 Å². The maximum Gasteiger partial charge on any atom is 0.257 e. The molecule has 0 bridgehead atoms. The average Bonchev–Trinajstić information content (AvgIpc) is 2.70. The highest BCUT2D eigenvalue weighted by Crippen LogP contribution is 2.21. The van der Waals surface area contributed by atoms with Gasteiger partial charge in [0.2, 0.25) is 0 Å². The fourth-order valence-corrected chi connectivity index (χ4v) is 2.36. The molecule has 0 atom stereocenters. The molecule has 2 N–H and O–H groups in total. The van der Waals surface area contributed by atoms with Crippen LogP contribution in [-0.2, 0) is 16.6 Å². The quantitative estimate of drug-likeness (QED) is 0.940. The highest BCUT2D eigenvalue weighted by molar-refractivity contribution is 7.89. The first-order valence-corrected chi connectivity index (χ1v) is 7.15. The van der Waals surface area contributed by atoms with Crippen LogP contribution in [0.3, 0.4) is 0 Å². The molecule has 5 nitrogen and oxygen atoms in total. The molecule has 0 amide bonds. The first-order valence-electron chi connectivity index (χ1n) is 4.85. The van der Waals surface area contributed by atoms with Crippen molar-refractivity contribution in [3.63, 3.8) is 0 Å². The normalized spacial score (nSPS) is 11.7. The topological polar surface area (TPSA) is 78.0 Å². The van der Waals surface area contributed by atoms with Crippen LogP contribution in [0.1, 0.15) is 5.56 Å². The molecule has 18 heavy (non-hydrogen) atoms. The van der Waals surface area contributed by atoms with Gasteiger partial charge in [-0.25, -0.2) is 18.5 Å². The maximum absolute atomic E-state index is 11.1. The molecule has 1 heterocycles. The second-order valence-electron chi connectivity index (χ2n) is 3.66. The number of nitrogens with two attached hydrogens (primary N) is 1. The second-order valence-corrected chi connectivity index (χ2v) is 6.02. The number of imidazole rings is 1. The molecule has 0 spiro atoms. The van der Waals surface area contributed by atoms with Crippen LogP contribution in [-0.4, -0.2) is 18.0 Å². The number of rotatable bonds is 3. The van der Waals surface area contributed by atoms with Crippen molar-refractivity contribution in [1.29, 1.82) is 0 Å². The molecule has 0 radical (unpaired) electrons. The van der Waals surface area contributed by atoms with Gasteiger partial charge in [-0.1, -0.05) is 29.3 Å². The van der Waals surface area contributed by atoms with Crippen LogP contribution >= 0.6 is 23.2 Å². The Hall–Kier alpha value is -1.08. The highest BCUT2D eigenvalue weighted by atomic mass is 35.5. The third-order valence-electron chi connectivity index (χ3n) is 2.27. The first-order chi connectivity index (χ1) is 8.36. The number of hydrogen-bond acceptors (Lipinski definition) is 3. The van der Waals surface area contributed by atoms with Crippen LogP contribution in [0, 0.1) is 0 Å². The summed E-state index contributed by atoms with van der Waals surface area (Å²) in [6, 6.07) is 5.09. The number of hydrogen-bond donors (Lipinski definition) is 1. The summed E-state index contributed by atoms with van der Waals surface area (Å²) in [5.74, 6) is 0. The fourth-order valence-electron chi connectivity index (χ4n) is 1.42. The molecular formula is C10H9Cl2N3O2S. The van der Waals surface area contributed by atoms with Gasteiger partial charge in [0.25, 0.3) is 10.0 Å². The van der Waals surface area contributed by atoms with Crippen molar-refractivity contribution in [3.8, 4) is 0 Å². The van der Waals surface area contributed by atoms with Gasteiger partial charge in [-0.15, -0.1) is 0 Å². The number of benzene rings is 1. The number of aromatic nitrogens is 2. The summed E-state index contributed by atoms with van der Waals surface area (Å²) in [6.45, 7) is 0.387. The van der Waals surface area contributed by atoms with E-state index in [2.05, 4.69) is 4.98 Å². The van der Waals surface area contributed by atoms with Gasteiger partial charge < -0.3 is 4.57 Å². The van der Waals surface area contributed by atoms with Gasteiger partial charge in [0.1, 0.15) is 0 Å². The molecule has 0 saturated carbocycles. The van der Waals surface area contributed by atoms with Gasteiger partial charge in [0.05, 0.1) is 12.9 Å². The van der Waals surface area contributed by atoms with Crippen molar-refractivity contribution in [2.45, 2.75) is 11.6 Å². The molecule has 8 heteroatoms. The largest absolute Gasteiger partial charge is 0.332 e. The summed E-state index contributed by atoms with van der Waals surface area (Å²) >= 11 is 11.8. The summed E-state index contributed by atoms with van der Waals surface area (Å²) < 4.78 is 23.7. The van der Waals surface area contributed by atoms with Crippen LogP contribution in [0.2, 0.25) is 10.0 Å². The van der Waals surface area contributed by atoms with E-state index in [1.54, 1.807) is 22.8 Å². The molecule has 96 valence electrons. The Balaban J connectivity index is 2.27. The monoisotopic (exact) mass is 305 g/mol. The van der Waals surface area contributed by atoms with Gasteiger partial charge in [-0.2, -0.15) is 0 Å². The Kier molecular flexibility index (Phi) is 3.63. The van der Waals surface area contributed by atoms with E-state index in [0.717, 1.165) is 5.56 Å². The molecular weight excluding hydrogens is 297 g/mol. The summed E-state index contributed by atoms with van der Waals surface area (Å²) in [7, 11) is -3.78. The van der Waals surface area contributed by atoms with Crippen molar-refractivity contribution in [2.24, 2.45) is 5.14 Å². The molecule has 1 aromatic carbocycles. The molecule has 0 fully saturated rings. The molecule has 0 saturated heterocycles. The fraction of sp³-hybridized carbons (Fsp3) is 0.100. The summed E-state index contributed by atoms with van der Waals surface area (Å²) in [6.07, 6.45) is 2.73. The summed E-state index contributed by atoms with van der Waals surface area (Å²) in [5, 5.41) is 5.84. The second kappa shape index (κ2) is 4.89. The van der Waals surface area contributed by atoms with E-state index < -0.39 is 10.0 Å². The molecule has 2 aromatic rings. The lowest BCUT2D eigenvalue weighted by atomic mass is 10.2. The zero-order chi connectivity index (χ0) is 13.3. The third-order valence-corrected chi connectivity index (χ3v) is 3.65. The molecule has 1 aromatic heterocycles. The molecule has 0 aliphatic carbocycles. The van der Waals surface area contributed by atoms with E-state index in [9.17, 15) is 8.42 Å². The van der Waals surface area contributed by atoms with Crippen molar-refractivity contribution in [3.05, 3.63) is 46.3 Å². The number of primary sulfonamides is 1. The van der Waals surface area contributed by atoms with Crippen LogP contribution < -0.4 is 5.14 Å². The number of halogens is 2. The predicted molar refractivity (Wildman–Crippen MR) is 69.2 cm³/mol.